The van der Waals surface area contributed by atoms with Crippen LogP contribution in [0.15, 0.2) is 10.9 Å². The molecule has 1 unspecified atom stereocenters. The number of H-pyrrole nitrogens is 1. The maximum Gasteiger partial charge on any atom is 0.331 e. The molecule has 0 saturated heterocycles. The Morgan fingerprint density at radius 3 is 2.78 bits per heavy atom. The van der Waals surface area contributed by atoms with Crippen LogP contribution in [0.4, 0.5) is 5.82 Å². The van der Waals surface area contributed by atoms with Gasteiger partial charge in [-0.3, -0.25) is 4.79 Å². The first-order chi connectivity index (χ1) is 8.41. The van der Waals surface area contributed by atoms with Crippen molar-refractivity contribution >= 4 is 11.8 Å². The number of methoxy groups -OCH3 is 1. The average molecular weight is 253 g/mol. The molecule has 1 aromatic rings. The molecule has 1 heterocycles. The molecule has 6 nitrogen and oxygen atoms in total. The van der Waals surface area contributed by atoms with E-state index in [1.54, 1.807) is 13.8 Å². The van der Waals surface area contributed by atoms with E-state index in [4.69, 9.17) is 4.74 Å². The van der Waals surface area contributed by atoms with Gasteiger partial charge >= 0.3 is 5.97 Å². The Morgan fingerprint density at radius 1 is 1.61 bits per heavy atom. The number of carbonyl (C=O) groups excluding carboxylic acids is 1. The number of aromatic nitrogens is 2. The number of esters is 1. The summed E-state index contributed by atoms with van der Waals surface area (Å²) in [7, 11) is 1.34. The van der Waals surface area contributed by atoms with E-state index >= 15 is 0 Å². The Kier molecular flexibility index (Phi) is 4.47. The van der Waals surface area contributed by atoms with Crippen LogP contribution in [0.2, 0.25) is 0 Å². The number of rotatable bonds is 5. The van der Waals surface area contributed by atoms with Gasteiger partial charge < -0.3 is 15.0 Å². The predicted octanol–water partition coefficient (Wildman–Crippen LogP) is 1.22. The highest BCUT2D eigenvalue weighted by molar-refractivity contribution is 5.83. The normalized spacial score (nSPS) is 13.8. The van der Waals surface area contributed by atoms with E-state index in [2.05, 4.69) is 15.3 Å². The van der Waals surface area contributed by atoms with Crippen molar-refractivity contribution in [3.63, 3.8) is 0 Å². The van der Waals surface area contributed by atoms with Gasteiger partial charge in [-0.25, -0.2) is 9.78 Å². The molecule has 0 fully saturated rings. The molecule has 18 heavy (non-hydrogen) atoms. The van der Waals surface area contributed by atoms with E-state index in [1.807, 2.05) is 6.92 Å². The van der Waals surface area contributed by atoms with Crippen molar-refractivity contribution in [3.05, 3.63) is 22.2 Å². The Hall–Kier alpha value is -1.85. The average Bonchev–Trinajstić information content (AvgIpc) is 2.26. The molecule has 2 N–H and O–H groups in total. The van der Waals surface area contributed by atoms with Crippen LogP contribution in [0.3, 0.4) is 0 Å². The SMILES string of the molecule is CCCC(C)(Nc1cc(=O)[nH]c(C)n1)C(=O)OC. The molecule has 0 aromatic carbocycles. The molecule has 0 aliphatic carbocycles. The first-order valence-corrected chi connectivity index (χ1v) is 5.86. The van der Waals surface area contributed by atoms with Crippen molar-refractivity contribution in [1.29, 1.82) is 0 Å². The number of ether oxygens (including phenoxy) is 1. The van der Waals surface area contributed by atoms with E-state index < -0.39 is 5.54 Å². The molecular formula is C12H19N3O3. The summed E-state index contributed by atoms with van der Waals surface area (Å²) in [6, 6.07) is 1.32. The maximum atomic E-state index is 11.8. The highest BCUT2D eigenvalue weighted by Crippen LogP contribution is 2.19. The van der Waals surface area contributed by atoms with Gasteiger partial charge in [-0.1, -0.05) is 13.3 Å². The fourth-order valence-electron chi connectivity index (χ4n) is 1.87. The largest absolute Gasteiger partial charge is 0.467 e. The Balaban J connectivity index is 3.03. The van der Waals surface area contributed by atoms with Gasteiger partial charge in [0.15, 0.2) is 0 Å². The first kappa shape index (κ1) is 14.2. The monoisotopic (exact) mass is 253 g/mol. The van der Waals surface area contributed by atoms with Crippen LogP contribution in [-0.4, -0.2) is 28.6 Å². The van der Waals surface area contributed by atoms with Crippen LogP contribution >= 0.6 is 0 Å². The number of nitrogens with one attached hydrogen (secondary N) is 2. The molecule has 1 aromatic heterocycles. The maximum absolute atomic E-state index is 11.8. The number of hydrogen-bond donors (Lipinski definition) is 2. The number of anilines is 1. The molecule has 0 aliphatic rings. The molecule has 0 spiro atoms. The van der Waals surface area contributed by atoms with Crippen molar-refractivity contribution in [1.82, 2.24) is 9.97 Å². The smallest absolute Gasteiger partial charge is 0.331 e. The van der Waals surface area contributed by atoms with Crippen LogP contribution in [0, 0.1) is 6.92 Å². The third-order valence-corrected chi connectivity index (χ3v) is 2.65. The van der Waals surface area contributed by atoms with Crippen molar-refractivity contribution in [2.75, 3.05) is 12.4 Å². The van der Waals surface area contributed by atoms with Gasteiger partial charge in [0.1, 0.15) is 17.2 Å². The third kappa shape index (κ3) is 3.32. The zero-order valence-corrected chi connectivity index (χ0v) is 11.2. The summed E-state index contributed by atoms with van der Waals surface area (Å²) in [4.78, 5) is 29.8. The van der Waals surface area contributed by atoms with Crippen molar-refractivity contribution in [2.24, 2.45) is 0 Å². The summed E-state index contributed by atoms with van der Waals surface area (Å²) < 4.78 is 4.79. The first-order valence-electron chi connectivity index (χ1n) is 5.86. The standard InChI is InChI=1S/C12H19N3O3/c1-5-6-12(3,11(17)18-4)15-9-7-10(16)14-8(2)13-9/h7H,5-6H2,1-4H3,(H2,13,14,15,16). The van der Waals surface area contributed by atoms with Gasteiger partial charge in [0, 0.05) is 6.07 Å². The summed E-state index contributed by atoms with van der Waals surface area (Å²) in [6.45, 7) is 5.39. The lowest BCUT2D eigenvalue weighted by Gasteiger charge is -2.28. The molecule has 0 saturated carbocycles. The second-order valence-electron chi connectivity index (χ2n) is 4.41. The van der Waals surface area contributed by atoms with Crippen LogP contribution in [0.1, 0.15) is 32.5 Å². The van der Waals surface area contributed by atoms with Crippen LogP contribution in [0.5, 0.6) is 0 Å². The van der Waals surface area contributed by atoms with Crippen molar-refractivity contribution < 1.29 is 9.53 Å². The van der Waals surface area contributed by atoms with Gasteiger partial charge in [-0.2, -0.15) is 0 Å². The molecule has 0 bridgehead atoms. The van der Waals surface area contributed by atoms with E-state index in [-0.39, 0.29) is 11.5 Å². The Labute approximate surface area is 106 Å². The van der Waals surface area contributed by atoms with Gasteiger partial charge in [-0.15, -0.1) is 0 Å². The van der Waals surface area contributed by atoms with Crippen LogP contribution in [0.25, 0.3) is 0 Å². The highest BCUT2D eigenvalue weighted by atomic mass is 16.5. The van der Waals surface area contributed by atoms with Gasteiger partial charge in [0.2, 0.25) is 0 Å². The summed E-state index contributed by atoms with van der Waals surface area (Å²) >= 11 is 0. The minimum Gasteiger partial charge on any atom is -0.467 e. The van der Waals surface area contributed by atoms with E-state index in [0.717, 1.165) is 6.42 Å². The predicted molar refractivity (Wildman–Crippen MR) is 68.5 cm³/mol. The van der Waals surface area contributed by atoms with Crippen molar-refractivity contribution in [3.8, 4) is 0 Å². The van der Waals surface area contributed by atoms with Crippen LogP contribution in [-0.2, 0) is 9.53 Å². The molecule has 100 valence electrons. The fourth-order valence-corrected chi connectivity index (χ4v) is 1.87. The molecule has 0 aliphatic heterocycles. The molecule has 6 heteroatoms. The molecular weight excluding hydrogens is 234 g/mol. The number of carbonyl (C=O) groups is 1. The lowest BCUT2D eigenvalue weighted by Crippen LogP contribution is -2.44. The second kappa shape index (κ2) is 5.66. The zero-order chi connectivity index (χ0) is 13.8. The molecule has 0 amide bonds. The summed E-state index contributed by atoms with van der Waals surface area (Å²) in [5, 5.41) is 2.98. The van der Waals surface area contributed by atoms with E-state index in [0.29, 0.717) is 18.1 Å². The Bertz CT molecular complexity index is 484. The third-order valence-electron chi connectivity index (χ3n) is 2.65. The molecule has 0 radical (unpaired) electrons. The van der Waals surface area contributed by atoms with Crippen molar-refractivity contribution in [2.45, 2.75) is 39.2 Å². The van der Waals surface area contributed by atoms with E-state index in [9.17, 15) is 9.59 Å². The lowest BCUT2D eigenvalue weighted by molar-refractivity contribution is -0.145. The number of hydrogen-bond acceptors (Lipinski definition) is 5. The summed E-state index contributed by atoms with van der Waals surface area (Å²) in [5.41, 5.74) is -1.13. The molecule has 1 rings (SSSR count). The second-order valence-corrected chi connectivity index (χ2v) is 4.41. The van der Waals surface area contributed by atoms with Gasteiger partial charge in [-0.05, 0) is 20.3 Å². The number of nitrogens with zero attached hydrogens (tertiary/aromatic N) is 1. The zero-order valence-electron chi connectivity index (χ0n) is 11.2. The Morgan fingerprint density at radius 2 is 2.28 bits per heavy atom. The minimum absolute atomic E-state index is 0.256. The number of aryl methyl sites for hydroxylation is 1. The van der Waals surface area contributed by atoms with Crippen LogP contribution < -0.4 is 10.9 Å². The highest BCUT2D eigenvalue weighted by Gasteiger charge is 2.33. The quantitative estimate of drug-likeness (QED) is 0.771. The van der Waals surface area contributed by atoms with Gasteiger partial charge in [0.25, 0.3) is 5.56 Å². The fraction of sp³-hybridized carbons (Fsp3) is 0.583. The summed E-state index contributed by atoms with van der Waals surface area (Å²) in [6.07, 6.45) is 1.40. The summed E-state index contributed by atoms with van der Waals surface area (Å²) in [5.74, 6) is 0.496. The topological polar surface area (TPSA) is 84.1 Å². The minimum atomic E-state index is -0.878. The van der Waals surface area contributed by atoms with E-state index in [1.165, 1.54) is 13.2 Å². The lowest BCUT2D eigenvalue weighted by atomic mass is 9.96. The van der Waals surface area contributed by atoms with Gasteiger partial charge in [0.05, 0.1) is 7.11 Å². The number of aromatic amines is 1. The molecule has 1 atom stereocenters.